The molecule has 0 aliphatic carbocycles. The second-order valence-electron chi connectivity index (χ2n) is 6.53. The summed E-state index contributed by atoms with van der Waals surface area (Å²) < 4.78 is 15.4. The van der Waals surface area contributed by atoms with E-state index in [9.17, 15) is 14.3 Å². The number of halogens is 1. The van der Waals surface area contributed by atoms with E-state index in [1.54, 1.807) is 12.4 Å². The SMILES string of the molecule is O=C(c1cnc2c(c1)ncn2CCc1ccccc1)N1C[C@@H](O)[C@H](F)C1. The fourth-order valence-corrected chi connectivity index (χ4v) is 3.22. The highest BCUT2D eigenvalue weighted by molar-refractivity contribution is 5.96. The van der Waals surface area contributed by atoms with E-state index in [0.29, 0.717) is 16.7 Å². The van der Waals surface area contributed by atoms with Crippen LogP contribution in [0, 0.1) is 0 Å². The average Bonchev–Trinajstić information content (AvgIpc) is 3.23. The molecule has 1 fully saturated rings. The van der Waals surface area contributed by atoms with Gasteiger partial charge in [-0.05, 0) is 18.1 Å². The quantitative estimate of drug-likeness (QED) is 0.776. The predicted octanol–water partition coefficient (Wildman–Crippen LogP) is 1.83. The van der Waals surface area contributed by atoms with Crippen molar-refractivity contribution in [2.45, 2.75) is 25.2 Å². The molecular formula is C19H19FN4O2. The molecular weight excluding hydrogens is 335 g/mol. The minimum absolute atomic E-state index is 0.00353. The van der Waals surface area contributed by atoms with Gasteiger partial charge in [-0.1, -0.05) is 30.3 Å². The van der Waals surface area contributed by atoms with Gasteiger partial charge in [0.1, 0.15) is 17.8 Å². The van der Waals surface area contributed by atoms with Gasteiger partial charge in [-0.15, -0.1) is 0 Å². The van der Waals surface area contributed by atoms with E-state index in [0.717, 1.165) is 13.0 Å². The number of aromatic nitrogens is 3. The zero-order valence-electron chi connectivity index (χ0n) is 14.1. The van der Waals surface area contributed by atoms with Gasteiger partial charge in [0.15, 0.2) is 5.65 Å². The van der Waals surface area contributed by atoms with E-state index in [4.69, 9.17) is 0 Å². The Balaban J connectivity index is 1.51. The molecule has 0 bridgehead atoms. The number of rotatable bonds is 4. The maximum atomic E-state index is 13.4. The predicted molar refractivity (Wildman–Crippen MR) is 94.5 cm³/mol. The number of β-amino-alcohol motifs (C(OH)–C–C–N with tert-alkyl or cyclic N) is 1. The molecule has 2 atom stereocenters. The fourth-order valence-electron chi connectivity index (χ4n) is 3.22. The number of carbonyl (C=O) groups is 1. The lowest BCUT2D eigenvalue weighted by atomic mass is 10.1. The lowest BCUT2D eigenvalue weighted by molar-refractivity contribution is 0.0764. The van der Waals surface area contributed by atoms with Crippen LogP contribution >= 0.6 is 0 Å². The first-order chi connectivity index (χ1) is 12.6. The normalized spacial score (nSPS) is 20.0. The number of alkyl halides is 1. The molecule has 0 unspecified atom stereocenters. The van der Waals surface area contributed by atoms with Crippen LogP contribution in [0.25, 0.3) is 11.2 Å². The highest BCUT2D eigenvalue weighted by Crippen LogP contribution is 2.19. The van der Waals surface area contributed by atoms with Gasteiger partial charge < -0.3 is 14.6 Å². The lowest BCUT2D eigenvalue weighted by Crippen LogP contribution is -2.29. The fraction of sp³-hybridized carbons (Fsp3) is 0.316. The van der Waals surface area contributed by atoms with Gasteiger partial charge in [0.25, 0.3) is 5.91 Å². The van der Waals surface area contributed by atoms with E-state index in [2.05, 4.69) is 22.1 Å². The van der Waals surface area contributed by atoms with Gasteiger partial charge in [-0.2, -0.15) is 0 Å². The number of amides is 1. The van der Waals surface area contributed by atoms with Crippen LogP contribution in [0.3, 0.4) is 0 Å². The Morgan fingerprint density at radius 3 is 2.77 bits per heavy atom. The van der Waals surface area contributed by atoms with Gasteiger partial charge in [0, 0.05) is 19.3 Å². The molecule has 3 heterocycles. The third kappa shape index (κ3) is 3.17. The van der Waals surface area contributed by atoms with Crippen LogP contribution in [0.2, 0.25) is 0 Å². The molecule has 3 aromatic rings. The van der Waals surface area contributed by atoms with Gasteiger partial charge in [-0.3, -0.25) is 4.79 Å². The minimum atomic E-state index is -1.40. The molecule has 1 aromatic carbocycles. The van der Waals surface area contributed by atoms with E-state index in [1.165, 1.54) is 16.7 Å². The number of hydrogen-bond donors (Lipinski definition) is 1. The van der Waals surface area contributed by atoms with Crippen molar-refractivity contribution in [2.75, 3.05) is 13.1 Å². The Morgan fingerprint density at radius 1 is 1.23 bits per heavy atom. The highest BCUT2D eigenvalue weighted by Gasteiger charge is 2.34. The number of aliphatic hydroxyl groups is 1. The minimum Gasteiger partial charge on any atom is -0.388 e. The summed E-state index contributed by atoms with van der Waals surface area (Å²) in [6, 6.07) is 11.8. The van der Waals surface area contributed by atoms with Crippen molar-refractivity contribution in [1.82, 2.24) is 19.4 Å². The molecule has 134 valence electrons. The number of likely N-dealkylation sites (tertiary alicyclic amines) is 1. The number of aryl methyl sites for hydroxylation is 2. The molecule has 1 N–H and O–H groups in total. The molecule has 1 amide bonds. The highest BCUT2D eigenvalue weighted by atomic mass is 19.1. The number of carbonyl (C=O) groups excluding carboxylic acids is 1. The molecule has 0 spiro atoms. The summed E-state index contributed by atoms with van der Waals surface area (Å²) in [7, 11) is 0. The maximum Gasteiger partial charge on any atom is 0.255 e. The molecule has 0 radical (unpaired) electrons. The number of imidazole rings is 1. The van der Waals surface area contributed by atoms with Gasteiger partial charge in [0.05, 0.1) is 18.4 Å². The van der Waals surface area contributed by atoms with E-state index in [1.807, 2.05) is 22.8 Å². The summed E-state index contributed by atoms with van der Waals surface area (Å²) in [6.45, 7) is 0.649. The number of benzene rings is 1. The Labute approximate surface area is 149 Å². The van der Waals surface area contributed by atoms with Crippen LogP contribution in [-0.2, 0) is 13.0 Å². The molecule has 1 aliphatic heterocycles. The Hall–Kier alpha value is -2.80. The van der Waals surface area contributed by atoms with Gasteiger partial charge >= 0.3 is 0 Å². The Kier molecular flexibility index (Phi) is 4.38. The standard InChI is InChI=1S/C19H19FN4O2/c20-15-10-24(11-17(15)25)19(26)14-8-16-18(21-9-14)23(12-22-16)7-6-13-4-2-1-3-5-13/h1-5,8-9,12,15,17,25H,6-7,10-11H2/t15-,17-/m1/s1. The lowest BCUT2D eigenvalue weighted by Gasteiger charge is -2.14. The number of aliphatic hydroxyl groups excluding tert-OH is 1. The first kappa shape index (κ1) is 16.7. The van der Waals surface area contributed by atoms with Crippen molar-refractivity contribution < 1.29 is 14.3 Å². The van der Waals surface area contributed by atoms with Crippen molar-refractivity contribution in [1.29, 1.82) is 0 Å². The largest absolute Gasteiger partial charge is 0.388 e. The monoisotopic (exact) mass is 354 g/mol. The number of hydrogen-bond acceptors (Lipinski definition) is 4. The molecule has 2 aromatic heterocycles. The van der Waals surface area contributed by atoms with E-state index < -0.39 is 12.3 Å². The molecule has 4 rings (SSSR count). The third-order valence-corrected chi connectivity index (χ3v) is 4.69. The molecule has 7 heteroatoms. The van der Waals surface area contributed by atoms with E-state index in [-0.39, 0.29) is 19.0 Å². The third-order valence-electron chi connectivity index (χ3n) is 4.69. The van der Waals surface area contributed by atoms with Crippen molar-refractivity contribution in [3.63, 3.8) is 0 Å². The zero-order valence-corrected chi connectivity index (χ0v) is 14.1. The van der Waals surface area contributed by atoms with Crippen LogP contribution in [0.4, 0.5) is 4.39 Å². The van der Waals surface area contributed by atoms with Gasteiger partial charge in [0.2, 0.25) is 0 Å². The van der Waals surface area contributed by atoms with Crippen LogP contribution in [0.5, 0.6) is 0 Å². The summed E-state index contributed by atoms with van der Waals surface area (Å²) >= 11 is 0. The van der Waals surface area contributed by atoms with Crippen molar-refractivity contribution in [2.24, 2.45) is 0 Å². The number of pyridine rings is 1. The number of fused-ring (bicyclic) bond motifs is 1. The smallest absolute Gasteiger partial charge is 0.255 e. The van der Waals surface area contributed by atoms with Gasteiger partial charge in [-0.25, -0.2) is 14.4 Å². The average molecular weight is 354 g/mol. The van der Waals surface area contributed by atoms with Crippen LogP contribution in [0.15, 0.2) is 48.9 Å². The summed E-state index contributed by atoms with van der Waals surface area (Å²) in [6.07, 6.45) is 1.55. The molecule has 1 aliphatic rings. The molecule has 1 saturated heterocycles. The summed E-state index contributed by atoms with van der Waals surface area (Å²) in [5, 5.41) is 9.49. The Bertz CT molecular complexity index is 918. The second-order valence-corrected chi connectivity index (χ2v) is 6.53. The molecule has 26 heavy (non-hydrogen) atoms. The van der Waals surface area contributed by atoms with E-state index >= 15 is 0 Å². The summed E-state index contributed by atoms with van der Waals surface area (Å²) in [5.41, 5.74) is 2.92. The van der Waals surface area contributed by atoms with Crippen LogP contribution < -0.4 is 0 Å². The van der Waals surface area contributed by atoms with Crippen molar-refractivity contribution in [3.8, 4) is 0 Å². The number of nitrogens with zero attached hydrogens (tertiary/aromatic N) is 4. The summed E-state index contributed by atoms with van der Waals surface area (Å²) in [4.78, 5) is 22.5. The molecule has 0 saturated carbocycles. The zero-order chi connectivity index (χ0) is 18.1. The summed E-state index contributed by atoms with van der Waals surface area (Å²) in [5.74, 6) is -0.336. The first-order valence-electron chi connectivity index (χ1n) is 8.58. The maximum absolute atomic E-state index is 13.4. The second kappa shape index (κ2) is 6.84. The first-order valence-corrected chi connectivity index (χ1v) is 8.58. The van der Waals surface area contributed by atoms with Crippen molar-refractivity contribution in [3.05, 3.63) is 60.0 Å². The van der Waals surface area contributed by atoms with Crippen LogP contribution in [0.1, 0.15) is 15.9 Å². The van der Waals surface area contributed by atoms with Crippen LogP contribution in [-0.4, -0.2) is 55.8 Å². The molecule has 6 nitrogen and oxygen atoms in total. The Morgan fingerprint density at radius 2 is 2.04 bits per heavy atom. The topological polar surface area (TPSA) is 71.2 Å². The van der Waals surface area contributed by atoms with Crippen molar-refractivity contribution >= 4 is 17.1 Å².